The van der Waals surface area contributed by atoms with Crippen LogP contribution in [0.3, 0.4) is 0 Å². The van der Waals surface area contributed by atoms with Crippen molar-refractivity contribution in [2.45, 2.75) is 18.9 Å². The standard InChI is InChI=1S/C20H17ClF2N2O/c1-13-6-5-9-15(10-13)17-11-16(20(21,22)23)18(24)19(26)25(17)12-14-7-3-2-4-8-14/h2-11H,12,24H2,1H3. The van der Waals surface area contributed by atoms with Crippen LogP contribution in [0.2, 0.25) is 0 Å². The number of rotatable bonds is 4. The number of benzene rings is 2. The van der Waals surface area contributed by atoms with Gasteiger partial charge in [0.05, 0.1) is 17.8 Å². The Bertz CT molecular complexity index is 995. The molecule has 3 aromatic rings. The van der Waals surface area contributed by atoms with E-state index in [1.807, 2.05) is 49.4 Å². The molecule has 0 amide bonds. The van der Waals surface area contributed by atoms with Crippen molar-refractivity contribution in [2.75, 3.05) is 5.73 Å². The van der Waals surface area contributed by atoms with Crippen LogP contribution < -0.4 is 11.3 Å². The van der Waals surface area contributed by atoms with Crippen LogP contribution in [-0.4, -0.2) is 4.57 Å². The minimum atomic E-state index is -3.73. The first kappa shape index (κ1) is 18.1. The van der Waals surface area contributed by atoms with Crippen molar-refractivity contribution in [1.29, 1.82) is 0 Å². The Kier molecular flexibility index (Phi) is 4.83. The number of aryl methyl sites for hydroxylation is 1. The molecule has 3 rings (SSSR count). The average molecular weight is 375 g/mol. The lowest BCUT2D eigenvalue weighted by Gasteiger charge is -2.19. The average Bonchev–Trinajstić information content (AvgIpc) is 2.59. The molecule has 6 heteroatoms. The monoisotopic (exact) mass is 374 g/mol. The van der Waals surface area contributed by atoms with Crippen molar-refractivity contribution in [2.24, 2.45) is 0 Å². The lowest BCUT2D eigenvalue weighted by molar-refractivity contribution is 0.0957. The molecule has 0 saturated carbocycles. The molecule has 2 aromatic carbocycles. The summed E-state index contributed by atoms with van der Waals surface area (Å²) < 4.78 is 28.9. The molecule has 0 unspecified atom stereocenters. The van der Waals surface area contributed by atoms with E-state index in [4.69, 9.17) is 17.3 Å². The first-order chi connectivity index (χ1) is 12.3. The number of nitrogens with two attached hydrogens (primary N) is 1. The van der Waals surface area contributed by atoms with Gasteiger partial charge in [-0.05, 0) is 41.8 Å². The Labute approximate surface area is 154 Å². The van der Waals surface area contributed by atoms with Crippen LogP contribution in [-0.2, 0) is 11.9 Å². The van der Waals surface area contributed by atoms with Crippen molar-refractivity contribution in [1.82, 2.24) is 4.57 Å². The normalized spacial score (nSPS) is 11.5. The predicted octanol–water partition coefficient (Wildman–Crippen LogP) is 4.74. The van der Waals surface area contributed by atoms with Gasteiger partial charge in [-0.3, -0.25) is 4.79 Å². The number of aromatic nitrogens is 1. The number of pyridine rings is 1. The molecule has 0 spiro atoms. The second-order valence-corrected chi connectivity index (χ2v) is 6.58. The summed E-state index contributed by atoms with van der Waals surface area (Å²) in [5.74, 6) is 0. The van der Waals surface area contributed by atoms with E-state index in [0.717, 1.165) is 11.1 Å². The van der Waals surface area contributed by atoms with E-state index in [1.165, 1.54) is 10.6 Å². The largest absolute Gasteiger partial charge is 0.394 e. The maximum absolute atomic E-state index is 13.8. The van der Waals surface area contributed by atoms with Gasteiger partial charge in [0.25, 0.3) is 5.56 Å². The molecule has 0 aliphatic heterocycles. The summed E-state index contributed by atoms with van der Waals surface area (Å²) in [4.78, 5) is 12.8. The Hall–Kier alpha value is -2.66. The van der Waals surface area contributed by atoms with Crippen LogP contribution >= 0.6 is 11.6 Å². The number of hydrogen-bond acceptors (Lipinski definition) is 2. The van der Waals surface area contributed by atoms with Crippen molar-refractivity contribution in [3.63, 3.8) is 0 Å². The number of halogens is 3. The minimum absolute atomic E-state index is 0.210. The lowest BCUT2D eigenvalue weighted by atomic mass is 10.0. The van der Waals surface area contributed by atoms with Gasteiger partial charge in [-0.25, -0.2) is 0 Å². The van der Waals surface area contributed by atoms with Gasteiger partial charge in [0, 0.05) is 0 Å². The first-order valence-electron chi connectivity index (χ1n) is 7.99. The zero-order valence-electron chi connectivity index (χ0n) is 14.0. The fourth-order valence-electron chi connectivity index (χ4n) is 2.86. The molecule has 3 nitrogen and oxygen atoms in total. The third kappa shape index (κ3) is 3.63. The Balaban J connectivity index is 2.28. The van der Waals surface area contributed by atoms with Gasteiger partial charge in [-0.1, -0.05) is 54.1 Å². The third-order valence-corrected chi connectivity index (χ3v) is 4.34. The van der Waals surface area contributed by atoms with Crippen LogP contribution in [0.4, 0.5) is 14.5 Å². The molecule has 26 heavy (non-hydrogen) atoms. The van der Waals surface area contributed by atoms with E-state index in [2.05, 4.69) is 0 Å². The second-order valence-electron chi connectivity index (χ2n) is 6.10. The Morgan fingerprint density at radius 2 is 1.77 bits per heavy atom. The van der Waals surface area contributed by atoms with Crippen LogP contribution in [0, 0.1) is 6.92 Å². The summed E-state index contributed by atoms with van der Waals surface area (Å²) in [7, 11) is 0. The van der Waals surface area contributed by atoms with E-state index in [1.54, 1.807) is 12.1 Å². The number of nitrogen functional groups attached to an aromatic ring is 1. The highest BCUT2D eigenvalue weighted by Gasteiger charge is 2.33. The molecular weight excluding hydrogens is 358 g/mol. The summed E-state index contributed by atoms with van der Waals surface area (Å²) in [5.41, 5.74) is 6.57. The molecule has 0 atom stereocenters. The van der Waals surface area contributed by atoms with Crippen molar-refractivity contribution in [3.8, 4) is 11.3 Å². The molecule has 2 N–H and O–H groups in total. The topological polar surface area (TPSA) is 48.0 Å². The summed E-state index contributed by atoms with van der Waals surface area (Å²) >= 11 is 5.18. The predicted molar refractivity (Wildman–Crippen MR) is 101 cm³/mol. The summed E-state index contributed by atoms with van der Waals surface area (Å²) in [6, 6.07) is 17.7. The zero-order chi connectivity index (χ0) is 18.9. The van der Waals surface area contributed by atoms with Crippen molar-refractivity contribution < 1.29 is 8.78 Å². The number of nitrogens with zero attached hydrogens (tertiary/aromatic N) is 1. The van der Waals surface area contributed by atoms with Gasteiger partial charge in [0.1, 0.15) is 5.69 Å². The van der Waals surface area contributed by atoms with E-state index in [-0.39, 0.29) is 6.54 Å². The van der Waals surface area contributed by atoms with Crippen molar-refractivity contribution in [3.05, 3.63) is 87.7 Å². The number of alkyl halides is 3. The fourth-order valence-corrected chi connectivity index (χ4v) is 3.02. The van der Waals surface area contributed by atoms with Crippen LogP contribution in [0.5, 0.6) is 0 Å². The van der Waals surface area contributed by atoms with Gasteiger partial charge < -0.3 is 10.3 Å². The Morgan fingerprint density at radius 3 is 2.38 bits per heavy atom. The van der Waals surface area contributed by atoms with E-state index < -0.39 is 22.2 Å². The smallest absolute Gasteiger partial charge is 0.350 e. The molecule has 0 radical (unpaired) electrons. The van der Waals surface area contributed by atoms with Crippen LogP contribution in [0.25, 0.3) is 11.3 Å². The highest BCUT2D eigenvalue weighted by Crippen LogP contribution is 2.37. The van der Waals surface area contributed by atoms with E-state index >= 15 is 0 Å². The van der Waals surface area contributed by atoms with Crippen molar-refractivity contribution >= 4 is 17.3 Å². The molecule has 0 fully saturated rings. The molecule has 0 aliphatic rings. The van der Waals surface area contributed by atoms with Gasteiger partial charge in [-0.2, -0.15) is 8.78 Å². The van der Waals surface area contributed by atoms with Crippen LogP contribution in [0.1, 0.15) is 16.7 Å². The molecule has 0 bridgehead atoms. The maximum Gasteiger partial charge on any atom is 0.350 e. The van der Waals surface area contributed by atoms with Gasteiger partial charge in [-0.15, -0.1) is 0 Å². The van der Waals surface area contributed by atoms with E-state index in [0.29, 0.717) is 11.3 Å². The van der Waals surface area contributed by atoms with Gasteiger partial charge in [0.15, 0.2) is 0 Å². The SMILES string of the molecule is Cc1cccc(-c2cc(C(F)(F)Cl)c(N)c(=O)n2Cc2ccccc2)c1. The van der Waals surface area contributed by atoms with Crippen LogP contribution in [0.15, 0.2) is 65.5 Å². The lowest BCUT2D eigenvalue weighted by Crippen LogP contribution is -2.28. The second kappa shape index (κ2) is 6.92. The fraction of sp³-hybridized carbons (Fsp3) is 0.150. The third-order valence-electron chi connectivity index (χ3n) is 4.14. The highest BCUT2D eigenvalue weighted by molar-refractivity contribution is 6.22. The quantitative estimate of drug-likeness (QED) is 0.670. The molecule has 0 saturated heterocycles. The number of anilines is 1. The number of hydrogen-bond donors (Lipinski definition) is 1. The maximum atomic E-state index is 13.8. The van der Waals surface area contributed by atoms with E-state index in [9.17, 15) is 13.6 Å². The zero-order valence-corrected chi connectivity index (χ0v) is 14.8. The van der Waals surface area contributed by atoms with Gasteiger partial charge >= 0.3 is 5.38 Å². The Morgan fingerprint density at radius 1 is 1.08 bits per heavy atom. The summed E-state index contributed by atoms with van der Waals surface area (Å²) in [6.45, 7) is 2.10. The minimum Gasteiger partial charge on any atom is -0.394 e. The summed E-state index contributed by atoms with van der Waals surface area (Å²) in [6.07, 6.45) is 0. The van der Waals surface area contributed by atoms with Gasteiger partial charge in [0.2, 0.25) is 0 Å². The molecule has 1 heterocycles. The summed E-state index contributed by atoms with van der Waals surface area (Å²) in [5, 5.41) is -3.73. The molecule has 1 aromatic heterocycles. The molecule has 0 aliphatic carbocycles. The molecule has 134 valence electrons. The first-order valence-corrected chi connectivity index (χ1v) is 8.36. The molecular formula is C20H17ClF2N2O. The highest BCUT2D eigenvalue weighted by atomic mass is 35.5.